The van der Waals surface area contributed by atoms with E-state index in [9.17, 15) is 19.2 Å². The van der Waals surface area contributed by atoms with Crippen molar-refractivity contribution in [3.05, 3.63) is 0 Å². The van der Waals surface area contributed by atoms with Crippen molar-refractivity contribution in [2.75, 3.05) is 0 Å². The van der Waals surface area contributed by atoms with E-state index in [1.807, 2.05) is 0 Å². The summed E-state index contributed by atoms with van der Waals surface area (Å²) in [7, 11) is 0. The van der Waals surface area contributed by atoms with Crippen LogP contribution in [0.25, 0.3) is 0 Å². The van der Waals surface area contributed by atoms with Gasteiger partial charge in [-0.05, 0) is 12.8 Å². The summed E-state index contributed by atoms with van der Waals surface area (Å²) in [5.74, 6) is -4.63. The first-order chi connectivity index (χ1) is 9.10. The van der Waals surface area contributed by atoms with E-state index in [0.717, 1.165) is 0 Å². The summed E-state index contributed by atoms with van der Waals surface area (Å²) >= 11 is 0. The largest absolute Gasteiger partial charge is 0.367 e. The second kappa shape index (κ2) is 6.08. The first-order valence-corrected chi connectivity index (χ1v) is 5.74. The van der Waals surface area contributed by atoms with Crippen LogP contribution in [0.15, 0.2) is 10.2 Å². The molecule has 0 aliphatic carbocycles. The van der Waals surface area contributed by atoms with E-state index in [4.69, 9.17) is 22.9 Å². The minimum atomic E-state index is -2.16. The van der Waals surface area contributed by atoms with Gasteiger partial charge in [0, 0.05) is 0 Å². The summed E-state index contributed by atoms with van der Waals surface area (Å²) < 4.78 is 0. The van der Waals surface area contributed by atoms with Gasteiger partial charge in [-0.15, -0.1) is 0 Å². The minimum Gasteiger partial charge on any atom is -0.367 e. The Balaban J connectivity index is 5.95. The third-order valence-electron chi connectivity index (χ3n) is 3.05. The Kier molecular flexibility index (Phi) is 5.32. The highest BCUT2D eigenvalue weighted by molar-refractivity contribution is 6.10. The second-order valence-electron chi connectivity index (χ2n) is 4.08. The zero-order valence-electron chi connectivity index (χ0n) is 11.3. The Hall–Kier alpha value is -2.52. The van der Waals surface area contributed by atoms with E-state index in [0.29, 0.717) is 0 Å². The van der Waals surface area contributed by atoms with E-state index in [2.05, 4.69) is 10.2 Å². The minimum absolute atomic E-state index is 0.196. The van der Waals surface area contributed by atoms with E-state index in [-0.39, 0.29) is 12.8 Å². The average molecular weight is 286 g/mol. The van der Waals surface area contributed by atoms with Crippen LogP contribution in [-0.2, 0) is 19.2 Å². The molecule has 20 heavy (non-hydrogen) atoms. The van der Waals surface area contributed by atoms with Crippen molar-refractivity contribution >= 4 is 23.6 Å². The Bertz CT molecular complexity index is 402. The van der Waals surface area contributed by atoms with Crippen molar-refractivity contribution in [1.82, 2.24) is 0 Å². The topological polar surface area (TPSA) is 197 Å². The van der Waals surface area contributed by atoms with E-state index < -0.39 is 34.7 Å². The van der Waals surface area contributed by atoms with Crippen LogP contribution >= 0.6 is 0 Å². The summed E-state index contributed by atoms with van der Waals surface area (Å²) in [5.41, 5.74) is 16.0. The Labute approximate surface area is 114 Å². The van der Waals surface area contributed by atoms with Crippen LogP contribution < -0.4 is 22.9 Å². The van der Waals surface area contributed by atoms with Crippen LogP contribution in [0.4, 0.5) is 0 Å². The Morgan fingerprint density at radius 2 is 0.900 bits per heavy atom. The number of primary amides is 4. The Morgan fingerprint density at radius 3 is 1.00 bits per heavy atom. The van der Waals surface area contributed by atoms with Gasteiger partial charge in [0.1, 0.15) is 0 Å². The molecule has 0 saturated heterocycles. The molecule has 10 heteroatoms. The molecule has 0 aliphatic heterocycles. The lowest BCUT2D eigenvalue weighted by atomic mass is 9.94. The lowest BCUT2D eigenvalue weighted by molar-refractivity contribution is -0.137. The molecule has 0 aromatic carbocycles. The van der Waals surface area contributed by atoms with Gasteiger partial charge in [0.2, 0.25) is 11.1 Å². The molecule has 0 saturated carbocycles. The van der Waals surface area contributed by atoms with E-state index >= 15 is 0 Å². The monoisotopic (exact) mass is 286 g/mol. The van der Waals surface area contributed by atoms with Crippen LogP contribution in [0.1, 0.15) is 26.7 Å². The SMILES string of the molecule is CCC(N=NC(CC)(C(N)=O)C(N)=O)(C(N)=O)C(N)=O. The number of carbonyl (C=O) groups excluding carboxylic acids is 4. The molecule has 0 fully saturated rings. The molecule has 0 radical (unpaired) electrons. The van der Waals surface area contributed by atoms with Crippen molar-refractivity contribution < 1.29 is 19.2 Å². The van der Waals surface area contributed by atoms with Gasteiger partial charge in [0.05, 0.1) is 0 Å². The summed E-state index contributed by atoms with van der Waals surface area (Å²) in [6.45, 7) is 2.83. The lowest BCUT2D eigenvalue weighted by Crippen LogP contribution is -2.55. The number of hydrogen-bond acceptors (Lipinski definition) is 6. The maximum absolute atomic E-state index is 11.4. The van der Waals surface area contributed by atoms with Gasteiger partial charge >= 0.3 is 0 Å². The van der Waals surface area contributed by atoms with Gasteiger partial charge in [-0.2, -0.15) is 10.2 Å². The average Bonchev–Trinajstić information content (AvgIpc) is 2.33. The molecule has 0 aromatic heterocycles. The number of nitrogens with zero attached hydrogens (tertiary/aromatic N) is 2. The number of rotatable bonds is 8. The molecule has 0 spiro atoms. The number of azo groups is 1. The van der Waals surface area contributed by atoms with E-state index in [1.54, 1.807) is 0 Å². The van der Waals surface area contributed by atoms with Crippen LogP contribution in [0.3, 0.4) is 0 Å². The molecule has 0 bridgehead atoms. The molecule has 0 unspecified atom stereocenters. The van der Waals surface area contributed by atoms with Gasteiger partial charge < -0.3 is 22.9 Å². The summed E-state index contributed by atoms with van der Waals surface area (Å²) in [5, 5.41) is 6.87. The smallest absolute Gasteiger partial charge is 0.257 e. The standard InChI is InChI=1S/C10H18N6O4/c1-3-9(5(11)17,6(12)18)15-16-10(4-2,7(13)19)8(14)20/h3-4H2,1-2H3,(H2,11,17)(H2,12,18)(H2,13,19)(H2,14,20). The fraction of sp³-hybridized carbons (Fsp3) is 0.600. The quantitative estimate of drug-likeness (QED) is 0.287. The highest BCUT2D eigenvalue weighted by atomic mass is 16.2. The van der Waals surface area contributed by atoms with Crippen LogP contribution in [-0.4, -0.2) is 34.7 Å². The van der Waals surface area contributed by atoms with Crippen molar-refractivity contribution in [2.24, 2.45) is 33.2 Å². The number of amides is 4. The molecule has 10 nitrogen and oxygen atoms in total. The predicted octanol–water partition coefficient (Wildman–Crippen LogP) is -2.32. The van der Waals surface area contributed by atoms with Crippen molar-refractivity contribution in [3.63, 3.8) is 0 Å². The third-order valence-corrected chi connectivity index (χ3v) is 3.05. The number of nitrogens with two attached hydrogens (primary N) is 4. The van der Waals surface area contributed by atoms with Gasteiger partial charge in [-0.3, -0.25) is 19.2 Å². The van der Waals surface area contributed by atoms with Crippen molar-refractivity contribution in [1.29, 1.82) is 0 Å². The molecule has 0 rings (SSSR count). The van der Waals surface area contributed by atoms with Gasteiger partial charge in [-0.1, -0.05) is 13.8 Å². The van der Waals surface area contributed by atoms with Crippen LogP contribution in [0.5, 0.6) is 0 Å². The molecule has 0 aromatic rings. The molecular weight excluding hydrogens is 268 g/mol. The maximum atomic E-state index is 11.4. The van der Waals surface area contributed by atoms with E-state index in [1.165, 1.54) is 13.8 Å². The molecule has 0 atom stereocenters. The van der Waals surface area contributed by atoms with Crippen LogP contribution in [0, 0.1) is 0 Å². The van der Waals surface area contributed by atoms with Gasteiger partial charge in [0.25, 0.3) is 23.6 Å². The van der Waals surface area contributed by atoms with Crippen molar-refractivity contribution in [2.45, 2.75) is 37.8 Å². The number of carbonyl (C=O) groups is 4. The predicted molar refractivity (Wildman–Crippen MR) is 67.7 cm³/mol. The zero-order valence-corrected chi connectivity index (χ0v) is 11.3. The highest BCUT2D eigenvalue weighted by Crippen LogP contribution is 2.22. The van der Waals surface area contributed by atoms with Gasteiger partial charge in [-0.25, -0.2) is 0 Å². The van der Waals surface area contributed by atoms with Crippen molar-refractivity contribution in [3.8, 4) is 0 Å². The summed E-state index contributed by atoms with van der Waals surface area (Å²) in [6.07, 6.45) is -0.392. The fourth-order valence-corrected chi connectivity index (χ4v) is 1.45. The summed E-state index contributed by atoms with van der Waals surface area (Å²) in [4.78, 5) is 45.5. The fourth-order valence-electron chi connectivity index (χ4n) is 1.45. The summed E-state index contributed by atoms with van der Waals surface area (Å²) in [6, 6.07) is 0. The van der Waals surface area contributed by atoms with Crippen LogP contribution in [0.2, 0.25) is 0 Å². The maximum Gasteiger partial charge on any atom is 0.257 e. The Morgan fingerprint density at radius 1 is 0.700 bits per heavy atom. The third kappa shape index (κ3) is 2.73. The normalized spacial score (nSPS) is 12.3. The second-order valence-corrected chi connectivity index (χ2v) is 4.08. The zero-order chi connectivity index (χ0) is 16.1. The first-order valence-electron chi connectivity index (χ1n) is 5.74. The molecular formula is C10H18N6O4. The molecule has 112 valence electrons. The number of hydrogen-bond donors (Lipinski definition) is 4. The molecule has 0 aliphatic rings. The molecule has 0 heterocycles. The lowest BCUT2D eigenvalue weighted by Gasteiger charge is -2.24. The van der Waals surface area contributed by atoms with Gasteiger partial charge in [0.15, 0.2) is 0 Å². The molecule has 4 amide bonds. The highest BCUT2D eigenvalue weighted by Gasteiger charge is 2.46. The first kappa shape index (κ1) is 17.5. The molecule has 8 N–H and O–H groups in total.